The minimum absolute atomic E-state index is 0.274. The smallest absolute Gasteiger partial charge is 0.136 e. The van der Waals surface area contributed by atoms with Crippen LogP contribution in [0.15, 0.2) is 6.07 Å². The molecule has 2 heterocycles. The first-order valence-electron chi connectivity index (χ1n) is 7.22. The van der Waals surface area contributed by atoms with E-state index in [9.17, 15) is 5.11 Å². The van der Waals surface area contributed by atoms with Gasteiger partial charge in [-0.05, 0) is 31.6 Å². The minimum Gasteiger partial charge on any atom is -0.396 e. The van der Waals surface area contributed by atoms with E-state index in [-0.39, 0.29) is 6.61 Å². The molecule has 0 radical (unpaired) electrons. The summed E-state index contributed by atoms with van der Waals surface area (Å²) in [6, 6.07) is 2.02. The lowest BCUT2D eigenvalue weighted by atomic mass is 9.99. The summed E-state index contributed by atoms with van der Waals surface area (Å²) in [7, 11) is 1.90. The van der Waals surface area contributed by atoms with Crippen LogP contribution < -0.4 is 10.2 Å². The minimum atomic E-state index is 0.274. The molecule has 0 bridgehead atoms. The first kappa shape index (κ1) is 12.7. The van der Waals surface area contributed by atoms with Gasteiger partial charge in [-0.1, -0.05) is 0 Å². The standard InChI is InChI=1S/C14H22N4O/c1-15-12-7-13(17-14(16-12)11-4-5-11)18-6-2-3-10(8-18)9-19/h7,10-11,19H,2-6,8-9H2,1H3,(H,15,16,17). The molecule has 2 fully saturated rings. The van der Waals surface area contributed by atoms with Crippen molar-refractivity contribution in [3.8, 4) is 0 Å². The Labute approximate surface area is 114 Å². The summed E-state index contributed by atoms with van der Waals surface area (Å²) in [4.78, 5) is 11.6. The molecule has 104 valence electrons. The van der Waals surface area contributed by atoms with Crippen molar-refractivity contribution in [3.05, 3.63) is 11.9 Å². The van der Waals surface area contributed by atoms with Crippen molar-refractivity contribution in [3.63, 3.8) is 0 Å². The Morgan fingerprint density at radius 1 is 1.37 bits per heavy atom. The van der Waals surface area contributed by atoms with Crippen molar-refractivity contribution in [2.45, 2.75) is 31.6 Å². The maximum atomic E-state index is 9.34. The number of nitrogens with zero attached hydrogens (tertiary/aromatic N) is 3. The normalized spacial score (nSPS) is 23.5. The summed E-state index contributed by atoms with van der Waals surface area (Å²) in [5, 5.41) is 12.5. The molecule has 1 atom stereocenters. The Balaban J connectivity index is 1.84. The number of aromatic nitrogens is 2. The molecule has 0 spiro atoms. The number of rotatable bonds is 4. The quantitative estimate of drug-likeness (QED) is 0.863. The van der Waals surface area contributed by atoms with Gasteiger partial charge in [-0.25, -0.2) is 9.97 Å². The predicted molar refractivity (Wildman–Crippen MR) is 75.6 cm³/mol. The number of hydrogen-bond acceptors (Lipinski definition) is 5. The molecule has 1 aliphatic heterocycles. The van der Waals surface area contributed by atoms with Gasteiger partial charge in [0.15, 0.2) is 0 Å². The van der Waals surface area contributed by atoms with Crippen molar-refractivity contribution in [2.24, 2.45) is 5.92 Å². The summed E-state index contributed by atoms with van der Waals surface area (Å²) in [5.41, 5.74) is 0. The fourth-order valence-corrected chi connectivity index (χ4v) is 2.69. The Hall–Kier alpha value is -1.36. The molecule has 0 amide bonds. The topological polar surface area (TPSA) is 61.3 Å². The molecule has 1 aliphatic carbocycles. The summed E-state index contributed by atoms with van der Waals surface area (Å²) >= 11 is 0. The Morgan fingerprint density at radius 3 is 2.89 bits per heavy atom. The average molecular weight is 262 g/mol. The van der Waals surface area contributed by atoms with E-state index in [1.807, 2.05) is 13.1 Å². The number of piperidine rings is 1. The summed E-state index contributed by atoms with van der Waals surface area (Å²) in [5.74, 6) is 3.84. The second-order valence-electron chi connectivity index (χ2n) is 5.63. The molecule has 2 aliphatic rings. The molecule has 1 unspecified atom stereocenters. The van der Waals surface area contributed by atoms with Crippen LogP contribution in [0.1, 0.15) is 37.4 Å². The number of aliphatic hydroxyl groups excluding tert-OH is 1. The van der Waals surface area contributed by atoms with E-state index in [4.69, 9.17) is 4.98 Å². The lowest BCUT2D eigenvalue weighted by Gasteiger charge is -2.33. The Bertz CT molecular complexity index is 447. The number of aliphatic hydroxyl groups is 1. The van der Waals surface area contributed by atoms with E-state index >= 15 is 0 Å². The number of hydrogen-bond donors (Lipinski definition) is 2. The summed E-state index contributed by atoms with van der Waals surface area (Å²) in [6.07, 6.45) is 4.67. The van der Waals surface area contributed by atoms with Crippen LogP contribution in [0.5, 0.6) is 0 Å². The van der Waals surface area contributed by atoms with E-state index < -0.39 is 0 Å². The molecule has 1 saturated carbocycles. The molecular weight excluding hydrogens is 240 g/mol. The van der Waals surface area contributed by atoms with Gasteiger partial charge in [0.25, 0.3) is 0 Å². The van der Waals surface area contributed by atoms with Crippen molar-refractivity contribution < 1.29 is 5.11 Å². The van der Waals surface area contributed by atoms with Crippen LogP contribution >= 0.6 is 0 Å². The highest BCUT2D eigenvalue weighted by Gasteiger charge is 2.28. The van der Waals surface area contributed by atoms with E-state index in [0.29, 0.717) is 11.8 Å². The van der Waals surface area contributed by atoms with Crippen molar-refractivity contribution in [2.75, 3.05) is 37.0 Å². The van der Waals surface area contributed by atoms with Gasteiger partial charge in [-0.2, -0.15) is 0 Å². The number of nitrogens with one attached hydrogen (secondary N) is 1. The van der Waals surface area contributed by atoms with Crippen LogP contribution in [0.2, 0.25) is 0 Å². The molecule has 3 rings (SSSR count). The van der Waals surface area contributed by atoms with Gasteiger partial charge in [0, 0.05) is 38.7 Å². The molecule has 1 aromatic heterocycles. The maximum absolute atomic E-state index is 9.34. The maximum Gasteiger partial charge on any atom is 0.136 e. The first-order valence-corrected chi connectivity index (χ1v) is 7.22. The van der Waals surface area contributed by atoms with Crippen LogP contribution in [-0.2, 0) is 0 Å². The van der Waals surface area contributed by atoms with Gasteiger partial charge in [-0.15, -0.1) is 0 Å². The van der Waals surface area contributed by atoms with E-state index in [1.54, 1.807) is 0 Å². The second kappa shape index (κ2) is 5.33. The van der Waals surface area contributed by atoms with Crippen LogP contribution in [0.3, 0.4) is 0 Å². The third-order valence-corrected chi connectivity index (χ3v) is 4.03. The van der Waals surface area contributed by atoms with Gasteiger partial charge >= 0.3 is 0 Å². The first-order chi connectivity index (χ1) is 9.30. The zero-order valence-corrected chi connectivity index (χ0v) is 11.5. The van der Waals surface area contributed by atoms with Gasteiger partial charge in [0.1, 0.15) is 17.5 Å². The van der Waals surface area contributed by atoms with Gasteiger partial charge in [-0.3, -0.25) is 0 Å². The average Bonchev–Trinajstić information content (AvgIpc) is 3.31. The second-order valence-corrected chi connectivity index (χ2v) is 5.63. The van der Waals surface area contributed by atoms with Crippen LogP contribution in [0.25, 0.3) is 0 Å². The van der Waals surface area contributed by atoms with E-state index in [1.165, 1.54) is 12.8 Å². The molecule has 2 N–H and O–H groups in total. The molecule has 1 saturated heterocycles. The zero-order chi connectivity index (χ0) is 13.2. The number of anilines is 2. The summed E-state index contributed by atoms with van der Waals surface area (Å²) in [6.45, 7) is 2.21. The van der Waals surface area contributed by atoms with Crippen LogP contribution in [0, 0.1) is 5.92 Å². The Morgan fingerprint density at radius 2 is 2.21 bits per heavy atom. The highest BCUT2D eigenvalue weighted by atomic mass is 16.3. The monoisotopic (exact) mass is 262 g/mol. The molecule has 5 heteroatoms. The van der Waals surface area contributed by atoms with Gasteiger partial charge in [0.2, 0.25) is 0 Å². The van der Waals surface area contributed by atoms with Crippen LogP contribution in [-0.4, -0.2) is 41.8 Å². The van der Waals surface area contributed by atoms with Crippen LogP contribution in [0.4, 0.5) is 11.6 Å². The SMILES string of the molecule is CNc1cc(N2CCCC(CO)C2)nc(C2CC2)n1. The van der Waals surface area contributed by atoms with E-state index in [2.05, 4.69) is 15.2 Å². The highest BCUT2D eigenvalue weighted by molar-refractivity contribution is 5.50. The molecular formula is C14H22N4O. The van der Waals surface area contributed by atoms with Crippen molar-refractivity contribution >= 4 is 11.6 Å². The van der Waals surface area contributed by atoms with E-state index in [0.717, 1.165) is 43.4 Å². The Kier molecular flexibility index (Phi) is 3.55. The molecule has 0 aromatic carbocycles. The molecule has 19 heavy (non-hydrogen) atoms. The van der Waals surface area contributed by atoms with Gasteiger partial charge < -0.3 is 15.3 Å². The highest BCUT2D eigenvalue weighted by Crippen LogP contribution is 2.39. The lowest BCUT2D eigenvalue weighted by molar-refractivity contribution is 0.208. The summed E-state index contributed by atoms with van der Waals surface area (Å²) < 4.78 is 0. The third-order valence-electron chi connectivity index (χ3n) is 4.03. The van der Waals surface area contributed by atoms with Gasteiger partial charge in [0.05, 0.1) is 0 Å². The largest absolute Gasteiger partial charge is 0.396 e. The predicted octanol–water partition coefficient (Wildman–Crippen LogP) is 1.60. The fourth-order valence-electron chi connectivity index (χ4n) is 2.69. The molecule has 1 aromatic rings. The van der Waals surface area contributed by atoms with Crippen molar-refractivity contribution in [1.82, 2.24) is 9.97 Å². The lowest BCUT2D eigenvalue weighted by Crippen LogP contribution is -2.37. The third kappa shape index (κ3) is 2.81. The van der Waals surface area contributed by atoms with Crippen molar-refractivity contribution in [1.29, 1.82) is 0 Å². The fraction of sp³-hybridized carbons (Fsp3) is 0.714. The molecule has 5 nitrogen and oxygen atoms in total. The zero-order valence-electron chi connectivity index (χ0n) is 11.5.